The van der Waals surface area contributed by atoms with Crippen molar-refractivity contribution in [1.82, 2.24) is 8.75 Å². The summed E-state index contributed by atoms with van der Waals surface area (Å²) in [6, 6.07) is 3.99. The van der Waals surface area contributed by atoms with Crippen molar-refractivity contribution in [3.05, 3.63) is 36.4 Å². The van der Waals surface area contributed by atoms with Crippen molar-refractivity contribution in [3.8, 4) is 17.1 Å². The van der Waals surface area contributed by atoms with Crippen LogP contribution in [-0.4, -0.2) is 8.75 Å². The van der Waals surface area contributed by atoms with E-state index >= 15 is 0 Å². The summed E-state index contributed by atoms with van der Waals surface area (Å²) in [4.78, 5) is 0. The summed E-state index contributed by atoms with van der Waals surface area (Å²) in [6.07, 6.45) is 6.78. The van der Waals surface area contributed by atoms with Crippen LogP contribution in [-0.2, 0) is 7.05 Å². The van der Waals surface area contributed by atoms with Crippen LogP contribution in [0.25, 0.3) is 11.3 Å². The number of nitrogens with zero attached hydrogens (tertiary/aromatic N) is 3. The minimum absolute atomic E-state index is 0. The second kappa shape index (κ2) is 7.54. The quantitative estimate of drug-likeness (QED) is 0.411. The summed E-state index contributed by atoms with van der Waals surface area (Å²) in [5.41, 5.74) is 1.80. The molecular weight excluding hydrogens is 373 g/mol. The van der Waals surface area contributed by atoms with Crippen molar-refractivity contribution in [1.29, 1.82) is 0 Å². The fourth-order valence-corrected chi connectivity index (χ4v) is 2.11. The molecule has 0 spiro atoms. The molecule has 2 heterocycles. The third-order valence-electron chi connectivity index (χ3n) is 2.57. The van der Waals surface area contributed by atoms with Gasteiger partial charge in [0.15, 0.2) is 18.1 Å². The van der Waals surface area contributed by atoms with Gasteiger partial charge in [0.2, 0.25) is 0 Å². The van der Waals surface area contributed by atoms with Gasteiger partial charge in [0, 0.05) is 12.5 Å². The Morgan fingerprint density at radius 1 is 1.47 bits per heavy atom. The minimum Gasteiger partial charge on any atom is -1.00 e. The first-order valence-electron chi connectivity index (χ1n) is 5.85. The van der Waals surface area contributed by atoms with Crippen LogP contribution in [0.1, 0.15) is 20.3 Å². The lowest BCUT2D eigenvalue weighted by Gasteiger charge is -2.05. The topological polar surface area (TPSA) is 38.9 Å². The summed E-state index contributed by atoms with van der Waals surface area (Å²) in [7, 11) is 1.98. The van der Waals surface area contributed by atoms with Gasteiger partial charge in [-0.3, -0.25) is 0 Å². The summed E-state index contributed by atoms with van der Waals surface area (Å²) in [5.74, 6) is 1.49. The summed E-state index contributed by atoms with van der Waals surface area (Å²) in [5, 5.41) is 0. The van der Waals surface area contributed by atoms with Crippen LogP contribution in [0.2, 0.25) is 0 Å². The fourth-order valence-electron chi connectivity index (χ4n) is 1.61. The molecule has 4 nitrogen and oxygen atoms in total. The number of aryl methyl sites for hydroxylation is 1. The molecule has 19 heavy (non-hydrogen) atoms. The highest BCUT2D eigenvalue weighted by atomic mass is 127. The van der Waals surface area contributed by atoms with E-state index in [9.17, 15) is 0 Å². The molecule has 102 valence electrons. The Labute approximate surface area is 134 Å². The average molecular weight is 389 g/mol. The van der Waals surface area contributed by atoms with Crippen LogP contribution in [0, 0.1) is 0 Å². The van der Waals surface area contributed by atoms with Gasteiger partial charge in [-0.25, -0.2) is 4.57 Å². The molecule has 0 atom stereocenters. The second-order valence-electron chi connectivity index (χ2n) is 3.89. The lowest BCUT2D eigenvalue weighted by atomic mass is 10.2. The van der Waals surface area contributed by atoms with Crippen molar-refractivity contribution in [2.75, 3.05) is 0 Å². The number of rotatable bonds is 4. The maximum Gasteiger partial charge on any atom is 0.259 e. The highest BCUT2D eigenvalue weighted by Gasteiger charge is 2.15. The maximum absolute atomic E-state index is 5.77. The van der Waals surface area contributed by atoms with E-state index in [4.69, 9.17) is 4.74 Å². The molecule has 0 saturated carbocycles. The molecule has 2 rings (SSSR count). The first kappa shape index (κ1) is 16.0. The average Bonchev–Trinajstić information content (AvgIpc) is 2.84. The van der Waals surface area contributed by atoms with E-state index < -0.39 is 0 Å². The number of allylic oxidation sites excluding steroid dienone is 2. The first-order valence-corrected chi connectivity index (χ1v) is 6.59. The Morgan fingerprint density at radius 2 is 2.26 bits per heavy atom. The largest absolute Gasteiger partial charge is 1.00 e. The highest BCUT2D eigenvalue weighted by molar-refractivity contribution is 6.99. The minimum atomic E-state index is 0. The molecule has 2 aromatic heterocycles. The molecule has 0 aliphatic rings. The van der Waals surface area contributed by atoms with Gasteiger partial charge in [0.25, 0.3) is 5.88 Å². The maximum atomic E-state index is 5.77. The Kier molecular flexibility index (Phi) is 6.36. The van der Waals surface area contributed by atoms with Gasteiger partial charge in [-0.2, -0.15) is 4.37 Å². The van der Waals surface area contributed by atoms with E-state index in [1.54, 1.807) is 0 Å². The lowest BCUT2D eigenvalue weighted by molar-refractivity contribution is -0.671. The predicted octanol–water partition coefficient (Wildman–Crippen LogP) is -0.274. The van der Waals surface area contributed by atoms with E-state index in [1.807, 2.05) is 49.1 Å². The summed E-state index contributed by atoms with van der Waals surface area (Å²) in [6.45, 7) is 4.01. The molecule has 2 aromatic rings. The van der Waals surface area contributed by atoms with Crippen LogP contribution in [0.4, 0.5) is 0 Å². The van der Waals surface area contributed by atoms with Gasteiger partial charge in [0.1, 0.15) is 12.8 Å². The Morgan fingerprint density at radius 3 is 2.89 bits per heavy atom. The summed E-state index contributed by atoms with van der Waals surface area (Å²) >= 11 is 1.17. The number of pyridine rings is 1. The molecule has 0 fully saturated rings. The molecule has 0 N–H and O–H groups in total. The predicted molar refractivity (Wildman–Crippen MR) is 71.2 cm³/mol. The third kappa shape index (κ3) is 3.97. The lowest BCUT2D eigenvalue weighted by Crippen LogP contribution is -3.00. The highest BCUT2D eigenvalue weighted by Crippen LogP contribution is 2.28. The van der Waals surface area contributed by atoms with E-state index in [0.717, 1.165) is 23.4 Å². The second-order valence-corrected chi connectivity index (χ2v) is 4.42. The van der Waals surface area contributed by atoms with Crippen LogP contribution >= 0.6 is 11.7 Å². The molecule has 0 aliphatic carbocycles. The standard InChI is InChI=1S/C13H16N3OS.HI/c1-4-11(5-2)17-13-12(14-18-15-13)10-7-6-8-16(3)9-10;/h4,6-9H,5H2,1-3H3;1H/q+1;/p-1. The van der Waals surface area contributed by atoms with E-state index in [0.29, 0.717) is 5.88 Å². The van der Waals surface area contributed by atoms with Crippen molar-refractivity contribution in [2.24, 2.45) is 7.05 Å². The van der Waals surface area contributed by atoms with E-state index in [1.165, 1.54) is 11.7 Å². The van der Waals surface area contributed by atoms with Crippen molar-refractivity contribution in [2.45, 2.75) is 20.3 Å². The van der Waals surface area contributed by atoms with Crippen molar-refractivity contribution in [3.63, 3.8) is 0 Å². The molecule has 0 unspecified atom stereocenters. The van der Waals surface area contributed by atoms with E-state index in [2.05, 4.69) is 15.7 Å². The number of halogens is 1. The van der Waals surface area contributed by atoms with Gasteiger partial charge in [-0.15, -0.1) is 4.37 Å². The Balaban J connectivity index is 0.00000180. The Hall–Kier alpha value is -1.02. The van der Waals surface area contributed by atoms with E-state index in [-0.39, 0.29) is 24.0 Å². The van der Waals surface area contributed by atoms with Gasteiger partial charge >= 0.3 is 0 Å². The monoisotopic (exact) mass is 389 g/mol. The first-order chi connectivity index (χ1) is 8.74. The normalized spacial score (nSPS) is 11.0. The number of ether oxygens (including phenoxy) is 1. The van der Waals surface area contributed by atoms with Crippen molar-refractivity contribution >= 4 is 11.7 Å². The molecule has 6 heteroatoms. The van der Waals surface area contributed by atoms with Gasteiger partial charge in [-0.1, -0.05) is 6.92 Å². The molecule has 0 bridgehead atoms. The van der Waals surface area contributed by atoms with Gasteiger partial charge < -0.3 is 28.7 Å². The molecule has 0 saturated heterocycles. The number of aromatic nitrogens is 3. The molecular formula is C13H16IN3OS. The molecule has 0 radical (unpaired) electrons. The van der Waals surface area contributed by atoms with Crippen molar-refractivity contribution < 1.29 is 33.3 Å². The van der Waals surface area contributed by atoms with Gasteiger partial charge in [0.05, 0.1) is 17.3 Å². The smallest absolute Gasteiger partial charge is 0.259 e. The SMILES string of the molecule is CC=C(CC)Oc1nsnc1-c1ccc[n+](C)c1.[I-]. The fraction of sp³-hybridized carbons (Fsp3) is 0.308. The summed E-state index contributed by atoms with van der Waals surface area (Å²) < 4.78 is 16.3. The van der Waals surface area contributed by atoms with Crippen LogP contribution < -0.4 is 33.3 Å². The van der Waals surface area contributed by atoms with Crippen LogP contribution in [0.5, 0.6) is 5.88 Å². The third-order valence-corrected chi connectivity index (χ3v) is 3.08. The zero-order valence-corrected chi connectivity index (χ0v) is 14.1. The van der Waals surface area contributed by atoms with Crippen LogP contribution in [0.15, 0.2) is 36.4 Å². The Bertz CT molecular complexity index is 569. The molecule has 0 aromatic carbocycles. The van der Waals surface area contributed by atoms with Crippen LogP contribution in [0.3, 0.4) is 0 Å². The molecule has 0 amide bonds. The zero-order chi connectivity index (χ0) is 13.0. The zero-order valence-electron chi connectivity index (χ0n) is 11.1. The number of hydrogen-bond acceptors (Lipinski definition) is 4. The molecule has 0 aliphatic heterocycles. The van der Waals surface area contributed by atoms with Gasteiger partial charge in [-0.05, 0) is 19.1 Å². The number of hydrogen-bond donors (Lipinski definition) is 0.